The first-order valence-corrected chi connectivity index (χ1v) is 12.9. The first kappa shape index (κ1) is 28.9. The van der Waals surface area contributed by atoms with Gasteiger partial charge in [0.2, 0.25) is 0 Å². The molecule has 1 unspecified atom stereocenters. The number of benzene rings is 3. The minimum Gasteiger partial charge on any atom is -0.447 e. The molecule has 1 aliphatic carbocycles. The first-order chi connectivity index (χ1) is 17.7. The van der Waals surface area contributed by atoms with Gasteiger partial charge < -0.3 is 20.4 Å². The van der Waals surface area contributed by atoms with Crippen molar-refractivity contribution in [3.8, 4) is 11.5 Å². The maximum atomic E-state index is 13.1. The van der Waals surface area contributed by atoms with Crippen LogP contribution in [0.25, 0.3) is 5.57 Å². The maximum absolute atomic E-state index is 13.1. The molecule has 0 saturated heterocycles. The summed E-state index contributed by atoms with van der Waals surface area (Å²) in [5, 5.41) is 0. The Labute approximate surface area is 227 Å². The summed E-state index contributed by atoms with van der Waals surface area (Å²) >= 11 is 1.72. The van der Waals surface area contributed by atoms with Gasteiger partial charge in [0.25, 0.3) is 6.29 Å². The molecule has 0 radical (unpaired) electrons. The van der Waals surface area contributed by atoms with Gasteiger partial charge >= 0.3 is 0 Å². The zero-order valence-electron chi connectivity index (χ0n) is 20.9. The third-order valence-electron chi connectivity index (χ3n) is 5.95. The summed E-state index contributed by atoms with van der Waals surface area (Å²) in [6.07, 6.45) is 16.3. The summed E-state index contributed by atoms with van der Waals surface area (Å²) in [5.41, 5.74) is 3.39. The molecule has 198 valence electrons. The number of hydrogen-bond acceptors (Lipinski definition) is 4. The van der Waals surface area contributed by atoms with Gasteiger partial charge in [-0.1, -0.05) is 85.0 Å². The number of allylic oxidation sites excluding steroid dienone is 6. The molecule has 3 aromatic carbocycles. The molecule has 0 fully saturated rings. The number of hydrogen-bond donors (Lipinski definition) is 0. The molecular formula is C31H32FNO4S. The van der Waals surface area contributed by atoms with Crippen LogP contribution in [0.4, 0.5) is 4.39 Å². The SMILES string of the molecule is C1=CC=CCC=C1.Fc1ccc(C2=CCN(Sc3ccc4c(c3)OC(c3ccccc3)O4)CC2)cc1.O.O. The molecular weight excluding hydrogens is 501 g/mol. The van der Waals surface area contributed by atoms with Crippen molar-refractivity contribution in [1.29, 1.82) is 0 Å². The second-order valence-electron chi connectivity index (χ2n) is 8.53. The molecule has 1 atom stereocenters. The Balaban J connectivity index is 0.000000389. The Morgan fingerprint density at radius 3 is 2.18 bits per heavy atom. The van der Waals surface area contributed by atoms with Crippen molar-refractivity contribution in [3.63, 3.8) is 0 Å². The monoisotopic (exact) mass is 533 g/mol. The zero-order chi connectivity index (χ0) is 24.6. The van der Waals surface area contributed by atoms with Crippen LogP contribution in [0.15, 0.2) is 120 Å². The fourth-order valence-electron chi connectivity index (χ4n) is 4.07. The average molecular weight is 534 g/mol. The van der Waals surface area contributed by atoms with Gasteiger partial charge in [0.15, 0.2) is 11.5 Å². The van der Waals surface area contributed by atoms with Crippen LogP contribution in [0, 0.1) is 5.82 Å². The van der Waals surface area contributed by atoms with Gasteiger partial charge in [-0.25, -0.2) is 8.70 Å². The number of halogens is 1. The summed E-state index contributed by atoms with van der Waals surface area (Å²) in [6.45, 7) is 1.79. The Morgan fingerprint density at radius 1 is 0.789 bits per heavy atom. The first-order valence-electron chi connectivity index (χ1n) is 12.1. The summed E-state index contributed by atoms with van der Waals surface area (Å²) in [7, 11) is 0. The number of fused-ring (bicyclic) bond motifs is 1. The lowest BCUT2D eigenvalue weighted by atomic mass is 10.0. The lowest BCUT2D eigenvalue weighted by molar-refractivity contribution is 0.0487. The van der Waals surface area contributed by atoms with Gasteiger partial charge in [-0.3, -0.25) is 0 Å². The van der Waals surface area contributed by atoms with Crippen molar-refractivity contribution < 1.29 is 24.8 Å². The van der Waals surface area contributed by atoms with Crippen LogP contribution >= 0.6 is 11.9 Å². The average Bonchev–Trinajstić information content (AvgIpc) is 3.11. The van der Waals surface area contributed by atoms with Crippen LogP contribution < -0.4 is 9.47 Å². The largest absolute Gasteiger partial charge is 0.447 e. The molecule has 38 heavy (non-hydrogen) atoms. The van der Waals surface area contributed by atoms with Gasteiger partial charge in [0.1, 0.15) is 5.82 Å². The molecule has 0 aromatic heterocycles. The van der Waals surface area contributed by atoms with E-state index in [9.17, 15) is 4.39 Å². The Hall–Kier alpha value is -3.62. The van der Waals surface area contributed by atoms with Crippen LogP contribution in [0.3, 0.4) is 0 Å². The Kier molecular flexibility index (Phi) is 10.9. The lowest BCUT2D eigenvalue weighted by Gasteiger charge is -2.25. The highest BCUT2D eigenvalue weighted by Crippen LogP contribution is 2.43. The fourth-order valence-corrected chi connectivity index (χ4v) is 4.98. The number of ether oxygens (including phenoxy) is 2. The minimum atomic E-state index is -0.386. The molecule has 5 nitrogen and oxygen atoms in total. The topological polar surface area (TPSA) is 84.7 Å². The van der Waals surface area contributed by atoms with Gasteiger partial charge in [0, 0.05) is 23.5 Å². The van der Waals surface area contributed by atoms with E-state index in [0.717, 1.165) is 53.5 Å². The molecule has 0 spiro atoms. The van der Waals surface area contributed by atoms with E-state index in [1.807, 2.05) is 66.7 Å². The van der Waals surface area contributed by atoms with Crippen LogP contribution in [-0.4, -0.2) is 28.3 Å². The van der Waals surface area contributed by atoms with Crippen molar-refractivity contribution in [2.75, 3.05) is 13.1 Å². The van der Waals surface area contributed by atoms with Crippen molar-refractivity contribution in [2.24, 2.45) is 0 Å². The maximum Gasteiger partial charge on any atom is 0.267 e. The van der Waals surface area contributed by atoms with E-state index in [1.165, 1.54) is 17.7 Å². The zero-order valence-corrected chi connectivity index (χ0v) is 21.7. The van der Waals surface area contributed by atoms with E-state index in [-0.39, 0.29) is 23.1 Å². The summed E-state index contributed by atoms with van der Waals surface area (Å²) in [5.74, 6) is 1.36. The predicted molar refractivity (Wildman–Crippen MR) is 153 cm³/mol. The molecule has 0 amide bonds. The Bertz CT molecular complexity index is 1270. The second kappa shape index (κ2) is 14.4. The highest BCUT2D eigenvalue weighted by Gasteiger charge is 2.26. The van der Waals surface area contributed by atoms with E-state index < -0.39 is 0 Å². The van der Waals surface area contributed by atoms with Gasteiger partial charge in [-0.05, 0) is 66.3 Å². The van der Waals surface area contributed by atoms with Crippen LogP contribution in [0.5, 0.6) is 11.5 Å². The molecule has 0 saturated carbocycles. The standard InChI is InChI=1S/C24H20FNO2S.C7H8.2H2O/c25-20-8-6-17(7-9-20)18-12-14-26(15-13-18)29-21-10-11-22-23(16-21)28-24(27-22)19-4-2-1-3-5-19;1-2-4-6-7-5-3-1;;/h1-12,16,24H,13-15H2;1-6H,7H2;2*1H2. The Morgan fingerprint density at radius 2 is 1.50 bits per heavy atom. The molecule has 4 N–H and O–H groups in total. The third-order valence-corrected chi connectivity index (χ3v) is 7.01. The van der Waals surface area contributed by atoms with Crippen LogP contribution in [0.1, 0.15) is 30.3 Å². The van der Waals surface area contributed by atoms with E-state index in [4.69, 9.17) is 9.47 Å². The molecule has 2 heterocycles. The summed E-state index contributed by atoms with van der Waals surface area (Å²) in [4.78, 5) is 1.12. The van der Waals surface area contributed by atoms with E-state index in [2.05, 4.69) is 40.8 Å². The smallest absolute Gasteiger partial charge is 0.267 e. The van der Waals surface area contributed by atoms with E-state index >= 15 is 0 Å². The molecule has 3 aliphatic rings. The molecule has 6 rings (SSSR count). The fraction of sp³-hybridized carbons (Fsp3) is 0.161. The van der Waals surface area contributed by atoms with Crippen molar-refractivity contribution in [1.82, 2.24) is 4.31 Å². The van der Waals surface area contributed by atoms with Gasteiger partial charge in [-0.15, -0.1) is 0 Å². The van der Waals surface area contributed by atoms with E-state index in [0.29, 0.717) is 0 Å². The second-order valence-corrected chi connectivity index (χ2v) is 9.70. The molecule has 2 aliphatic heterocycles. The highest BCUT2D eigenvalue weighted by atomic mass is 32.2. The van der Waals surface area contributed by atoms with Crippen molar-refractivity contribution in [3.05, 3.63) is 132 Å². The quantitative estimate of drug-likeness (QED) is 0.358. The van der Waals surface area contributed by atoms with Crippen LogP contribution in [-0.2, 0) is 0 Å². The predicted octanol–water partition coefficient (Wildman–Crippen LogP) is 6.50. The minimum absolute atomic E-state index is 0. The van der Waals surface area contributed by atoms with Gasteiger partial charge in [-0.2, -0.15) is 0 Å². The highest BCUT2D eigenvalue weighted by molar-refractivity contribution is 7.97. The summed E-state index contributed by atoms with van der Waals surface area (Å²) < 4.78 is 27.4. The molecule has 7 heteroatoms. The van der Waals surface area contributed by atoms with Crippen LogP contribution in [0.2, 0.25) is 0 Å². The third kappa shape index (κ3) is 7.69. The normalized spacial score (nSPS) is 17.3. The van der Waals surface area contributed by atoms with Crippen molar-refractivity contribution >= 4 is 17.5 Å². The summed E-state index contributed by atoms with van der Waals surface area (Å²) in [6, 6.07) is 22.8. The lowest BCUT2D eigenvalue weighted by Crippen LogP contribution is -2.21. The van der Waals surface area contributed by atoms with Gasteiger partial charge in [0.05, 0.1) is 0 Å². The van der Waals surface area contributed by atoms with E-state index in [1.54, 1.807) is 11.9 Å². The molecule has 3 aromatic rings. The number of rotatable bonds is 4. The van der Waals surface area contributed by atoms with Crippen molar-refractivity contribution in [2.45, 2.75) is 24.0 Å². The number of nitrogens with zero attached hydrogens (tertiary/aromatic N) is 1. The molecule has 0 bridgehead atoms.